The first-order valence-electron chi connectivity index (χ1n) is 9.40. The number of amides is 1. The number of hydrogen-bond donors (Lipinski definition) is 0. The third-order valence-electron chi connectivity index (χ3n) is 5.32. The molecule has 3 aromatic carbocycles. The smallest absolute Gasteiger partial charge is 0.291 e. The number of nitrogens with zero attached hydrogens (tertiary/aromatic N) is 1. The van der Waals surface area contributed by atoms with E-state index >= 15 is 0 Å². The van der Waals surface area contributed by atoms with Crippen molar-refractivity contribution < 1.29 is 13.6 Å². The molecule has 1 unspecified atom stereocenters. The topological polar surface area (TPSA) is 50.5 Å². The molecular weight excluding hydrogens is 449 g/mol. The number of halogens is 2. The van der Waals surface area contributed by atoms with E-state index in [0.29, 0.717) is 11.0 Å². The number of hydrogen-bond acceptors (Lipinski definition) is 3. The molecule has 0 bridgehead atoms. The summed E-state index contributed by atoms with van der Waals surface area (Å²) in [5, 5.41) is 0.346. The van der Waals surface area contributed by atoms with Crippen LogP contribution in [0.1, 0.15) is 33.3 Å². The van der Waals surface area contributed by atoms with Gasteiger partial charge in [0.25, 0.3) is 5.91 Å². The summed E-state index contributed by atoms with van der Waals surface area (Å²) in [5.74, 6) is -0.932. The van der Waals surface area contributed by atoms with E-state index in [1.54, 1.807) is 36.4 Å². The fourth-order valence-electron chi connectivity index (χ4n) is 3.96. The van der Waals surface area contributed by atoms with Crippen molar-refractivity contribution in [3.8, 4) is 0 Å². The van der Waals surface area contributed by atoms with Gasteiger partial charge in [-0.15, -0.1) is 0 Å². The Morgan fingerprint density at radius 2 is 1.70 bits per heavy atom. The van der Waals surface area contributed by atoms with Crippen LogP contribution < -0.4 is 5.43 Å². The first kappa shape index (κ1) is 18.8. The summed E-state index contributed by atoms with van der Waals surface area (Å²) in [7, 11) is 0. The zero-order valence-electron chi connectivity index (χ0n) is 15.6. The Bertz CT molecular complexity index is 1350. The van der Waals surface area contributed by atoms with Crippen LogP contribution in [0.5, 0.6) is 0 Å². The number of rotatable bonds is 3. The minimum Gasteiger partial charge on any atom is -0.450 e. The summed E-state index contributed by atoms with van der Waals surface area (Å²) in [6.45, 7) is 0.225. The highest BCUT2D eigenvalue weighted by Gasteiger charge is 2.43. The third-order valence-corrected chi connectivity index (χ3v) is 5.82. The lowest BCUT2D eigenvalue weighted by Crippen LogP contribution is -2.29. The van der Waals surface area contributed by atoms with Crippen LogP contribution in [-0.2, 0) is 6.54 Å². The number of carbonyl (C=O) groups excluding carboxylic acids is 1. The van der Waals surface area contributed by atoms with E-state index in [2.05, 4.69) is 15.9 Å². The standard InChI is InChI=1S/C24H15BrFNO3/c25-15-10-11-19-17(12-15)22(28)20-21(16-8-4-5-9-18(16)26)27(24(29)23(20)30-19)13-14-6-2-1-3-7-14/h1-12,21H,13H2. The molecule has 0 spiro atoms. The monoisotopic (exact) mass is 463 g/mol. The van der Waals surface area contributed by atoms with Gasteiger partial charge in [-0.3, -0.25) is 9.59 Å². The van der Waals surface area contributed by atoms with Crippen LogP contribution in [0.4, 0.5) is 4.39 Å². The molecule has 4 nitrogen and oxygen atoms in total. The first-order chi connectivity index (χ1) is 14.5. The predicted octanol–water partition coefficient (Wildman–Crippen LogP) is 5.44. The zero-order chi connectivity index (χ0) is 20.8. The second-order valence-corrected chi connectivity index (χ2v) is 8.07. The van der Waals surface area contributed by atoms with E-state index in [-0.39, 0.29) is 28.9 Å². The molecule has 6 heteroatoms. The van der Waals surface area contributed by atoms with Crippen LogP contribution >= 0.6 is 15.9 Å². The SMILES string of the molecule is O=C1c2oc3ccc(Br)cc3c(=O)c2C(c2ccccc2F)N1Cc1ccccc1. The van der Waals surface area contributed by atoms with Crippen molar-refractivity contribution >= 4 is 32.8 Å². The maximum atomic E-state index is 14.8. The summed E-state index contributed by atoms with van der Waals surface area (Å²) < 4.78 is 21.4. The molecule has 0 aliphatic carbocycles. The van der Waals surface area contributed by atoms with E-state index < -0.39 is 17.8 Å². The van der Waals surface area contributed by atoms with Crippen molar-refractivity contribution in [3.63, 3.8) is 0 Å². The third kappa shape index (κ3) is 2.95. The van der Waals surface area contributed by atoms with Crippen molar-refractivity contribution in [2.45, 2.75) is 12.6 Å². The molecule has 4 aromatic rings. The fraction of sp³-hybridized carbons (Fsp3) is 0.0833. The summed E-state index contributed by atoms with van der Waals surface area (Å²) >= 11 is 3.37. The summed E-state index contributed by atoms with van der Waals surface area (Å²) in [5.41, 5.74) is 1.31. The summed E-state index contributed by atoms with van der Waals surface area (Å²) in [6.07, 6.45) is 0. The molecule has 1 amide bonds. The molecular formula is C24H15BrFNO3. The molecule has 0 saturated heterocycles. The predicted molar refractivity (Wildman–Crippen MR) is 115 cm³/mol. The Balaban J connectivity index is 1.77. The number of carbonyl (C=O) groups is 1. The van der Waals surface area contributed by atoms with Crippen molar-refractivity contribution in [3.05, 3.63) is 116 Å². The minimum atomic E-state index is -0.867. The van der Waals surface area contributed by atoms with Crippen LogP contribution in [0.3, 0.4) is 0 Å². The average Bonchev–Trinajstić information content (AvgIpc) is 3.02. The van der Waals surface area contributed by atoms with Gasteiger partial charge >= 0.3 is 0 Å². The first-order valence-corrected chi connectivity index (χ1v) is 10.2. The van der Waals surface area contributed by atoms with Gasteiger partial charge < -0.3 is 9.32 Å². The van der Waals surface area contributed by atoms with Crippen LogP contribution in [0.2, 0.25) is 0 Å². The lowest BCUT2D eigenvalue weighted by Gasteiger charge is -2.25. The molecule has 1 aromatic heterocycles. The fourth-order valence-corrected chi connectivity index (χ4v) is 4.32. The summed E-state index contributed by atoms with van der Waals surface area (Å²) in [4.78, 5) is 28.2. The van der Waals surface area contributed by atoms with Crippen molar-refractivity contribution in [1.29, 1.82) is 0 Å². The van der Waals surface area contributed by atoms with Crippen LogP contribution in [-0.4, -0.2) is 10.8 Å². The van der Waals surface area contributed by atoms with E-state index in [0.717, 1.165) is 10.0 Å². The van der Waals surface area contributed by atoms with Gasteiger partial charge in [0.2, 0.25) is 5.76 Å². The van der Waals surface area contributed by atoms with E-state index in [4.69, 9.17) is 4.42 Å². The van der Waals surface area contributed by atoms with Gasteiger partial charge in [-0.05, 0) is 29.8 Å². The molecule has 1 aliphatic rings. The van der Waals surface area contributed by atoms with Crippen LogP contribution in [0.25, 0.3) is 11.0 Å². The Hall–Kier alpha value is -3.25. The lowest BCUT2D eigenvalue weighted by molar-refractivity contribution is 0.0712. The van der Waals surface area contributed by atoms with E-state index in [1.165, 1.54) is 11.0 Å². The molecule has 0 N–H and O–H groups in total. The molecule has 1 atom stereocenters. The molecule has 0 radical (unpaired) electrons. The highest BCUT2D eigenvalue weighted by molar-refractivity contribution is 9.10. The van der Waals surface area contributed by atoms with Crippen molar-refractivity contribution in [1.82, 2.24) is 4.90 Å². The lowest BCUT2D eigenvalue weighted by atomic mass is 9.98. The second kappa shape index (κ2) is 7.22. The Morgan fingerprint density at radius 1 is 0.967 bits per heavy atom. The highest BCUT2D eigenvalue weighted by atomic mass is 79.9. The maximum Gasteiger partial charge on any atom is 0.291 e. The Labute approximate surface area is 179 Å². The second-order valence-electron chi connectivity index (χ2n) is 7.16. The van der Waals surface area contributed by atoms with Crippen LogP contribution in [0.15, 0.2) is 86.5 Å². The average molecular weight is 464 g/mol. The van der Waals surface area contributed by atoms with Gasteiger partial charge in [0.15, 0.2) is 5.43 Å². The largest absolute Gasteiger partial charge is 0.450 e. The molecule has 30 heavy (non-hydrogen) atoms. The molecule has 0 saturated carbocycles. The van der Waals surface area contributed by atoms with Gasteiger partial charge in [0, 0.05) is 16.6 Å². The van der Waals surface area contributed by atoms with Gasteiger partial charge in [-0.25, -0.2) is 4.39 Å². The molecule has 0 fully saturated rings. The van der Waals surface area contributed by atoms with Gasteiger partial charge in [-0.1, -0.05) is 64.5 Å². The van der Waals surface area contributed by atoms with Crippen LogP contribution in [0, 0.1) is 5.82 Å². The molecule has 148 valence electrons. The molecule has 2 heterocycles. The number of fused-ring (bicyclic) bond motifs is 2. The van der Waals surface area contributed by atoms with E-state index in [9.17, 15) is 14.0 Å². The Kier molecular flexibility index (Phi) is 4.51. The highest BCUT2D eigenvalue weighted by Crippen LogP contribution is 2.40. The van der Waals surface area contributed by atoms with Gasteiger partial charge in [0.05, 0.1) is 17.0 Å². The molecule has 5 rings (SSSR count). The quantitative estimate of drug-likeness (QED) is 0.406. The molecule has 1 aliphatic heterocycles. The number of benzene rings is 3. The van der Waals surface area contributed by atoms with E-state index in [1.807, 2.05) is 30.3 Å². The summed E-state index contributed by atoms with van der Waals surface area (Å²) in [6, 6.07) is 19.8. The van der Waals surface area contributed by atoms with Crippen molar-refractivity contribution in [2.75, 3.05) is 0 Å². The Morgan fingerprint density at radius 3 is 2.47 bits per heavy atom. The maximum absolute atomic E-state index is 14.8. The zero-order valence-corrected chi connectivity index (χ0v) is 17.2. The minimum absolute atomic E-state index is 0.0287. The van der Waals surface area contributed by atoms with Gasteiger partial charge in [0.1, 0.15) is 11.4 Å². The normalized spacial score (nSPS) is 15.6. The van der Waals surface area contributed by atoms with Gasteiger partial charge in [-0.2, -0.15) is 0 Å². The van der Waals surface area contributed by atoms with Crippen molar-refractivity contribution in [2.24, 2.45) is 0 Å².